The van der Waals surface area contributed by atoms with Crippen LogP contribution >= 0.6 is 11.6 Å². The van der Waals surface area contributed by atoms with Crippen molar-refractivity contribution in [1.29, 1.82) is 0 Å². The first-order valence-electron chi connectivity index (χ1n) is 7.80. The van der Waals surface area contributed by atoms with Crippen LogP contribution < -0.4 is 10.6 Å². The average Bonchev–Trinajstić information content (AvgIpc) is 3.05. The van der Waals surface area contributed by atoms with Gasteiger partial charge < -0.3 is 15.5 Å². The molecular weight excluding hydrogens is 310 g/mol. The minimum atomic E-state index is 0.555. The Morgan fingerprint density at radius 2 is 2.22 bits per heavy atom. The highest BCUT2D eigenvalue weighted by atomic mass is 35.5. The highest BCUT2D eigenvalue weighted by Gasteiger charge is 2.04. The van der Waals surface area contributed by atoms with E-state index in [1.807, 2.05) is 30.3 Å². The molecule has 0 saturated carbocycles. The first-order valence-corrected chi connectivity index (χ1v) is 8.18. The summed E-state index contributed by atoms with van der Waals surface area (Å²) in [5.74, 6) is 1.38. The van der Waals surface area contributed by atoms with Gasteiger partial charge in [-0.2, -0.15) is 4.98 Å². The normalized spacial score (nSPS) is 13.3. The fourth-order valence-corrected chi connectivity index (χ4v) is 2.63. The molecule has 120 valence electrons. The van der Waals surface area contributed by atoms with Gasteiger partial charge in [0.15, 0.2) is 0 Å². The van der Waals surface area contributed by atoms with Gasteiger partial charge in [0.25, 0.3) is 0 Å². The summed E-state index contributed by atoms with van der Waals surface area (Å²) in [6.07, 6.45) is 8.37. The third-order valence-electron chi connectivity index (χ3n) is 3.56. The standard InChI is InChI=1S/C17H20ClN5/c18-14-5-3-6-15(13-14)21-17-20-9-7-16(22-17)19-8-4-12-23-10-1-2-11-23/h1,3,5-7,9-10,13H,2,4,8,11-12H2,(H2,19,20,21,22). The lowest BCUT2D eigenvalue weighted by molar-refractivity contribution is 0.403. The Morgan fingerprint density at radius 3 is 3.04 bits per heavy atom. The van der Waals surface area contributed by atoms with Crippen LogP contribution in [-0.4, -0.2) is 34.5 Å². The van der Waals surface area contributed by atoms with Crippen LogP contribution in [0.1, 0.15) is 12.8 Å². The summed E-state index contributed by atoms with van der Waals surface area (Å²) < 4.78 is 0. The summed E-state index contributed by atoms with van der Waals surface area (Å²) in [5, 5.41) is 7.18. The summed E-state index contributed by atoms with van der Waals surface area (Å²) in [7, 11) is 0. The van der Waals surface area contributed by atoms with Crippen LogP contribution in [0.4, 0.5) is 17.5 Å². The van der Waals surface area contributed by atoms with Gasteiger partial charge in [0, 0.05) is 36.5 Å². The Morgan fingerprint density at radius 1 is 1.26 bits per heavy atom. The predicted molar refractivity (Wildman–Crippen MR) is 95.2 cm³/mol. The molecule has 5 nitrogen and oxygen atoms in total. The maximum Gasteiger partial charge on any atom is 0.229 e. The lowest BCUT2D eigenvalue weighted by Crippen LogP contribution is -2.18. The van der Waals surface area contributed by atoms with E-state index in [-0.39, 0.29) is 0 Å². The zero-order chi connectivity index (χ0) is 15.9. The molecule has 0 unspecified atom stereocenters. The second-order valence-corrected chi connectivity index (χ2v) is 5.83. The van der Waals surface area contributed by atoms with Crippen LogP contribution in [0.2, 0.25) is 5.02 Å². The van der Waals surface area contributed by atoms with Crippen molar-refractivity contribution >= 4 is 29.1 Å². The summed E-state index contributed by atoms with van der Waals surface area (Å²) in [6, 6.07) is 9.37. The van der Waals surface area contributed by atoms with Gasteiger partial charge in [0.05, 0.1) is 0 Å². The molecule has 2 aromatic rings. The first-order chi connectivity index (χ1) is 11.3. The minimum Gasteiger partial charge on any atom is -0.377 e. The molecule has 0 spiro atoms. The summed E-state index contributed by atoms with van der Waals surface area (Å²) in [6.45, 7) is 3.10. The summed E-state index contributed by atoms with van der Waals surface area (Å²) >= 11 is 5.98. The number of hydrogen-bond donors (Lipinski definition) is 2. The zero-order valence-electron chi connectivity index (χ0n) is 12.9. The summed E-state index contributed by atoms with van der Waals surface area (Å²) in [4.78, 5) is 11.0. The largest absolute Gasteiger partial charge is 0.377 e. The quantitative estimate of drug-likeness (QED) is 0.755. The number of anilines is 3. The number of halogens is 1. The van der Waals surface area contributed by atoms with Crippen molar-refractivity contribution in [2.75, 3.05) is 30.3 Å². The molecule has 1 aliphatic heterocycles. The lowest BCUT2D eigenvalue weighted by atomic mass is 10.3. The first kappa shape index (κ1) is 15.6. The van der Waals surface area contributed by atoms with Gasteiger partial charge >= 0.3 is 0 Å². The van der Waals surface area contributed by atoms with Crippen LogP contribution in [0.5, 0.6) is 0 Å². The van der Waals surface area contributed by atoms with E-state index in [4.69, 9.17) is 11.6 Å². The van der Waals surface area contributed by atoms with Crippen LogP contribution in [0.25, 0.3) is 0 Å². The molecule has 1 aromatic heterocycles. The Labute approximate surface area is 141 Å². The zero-order valence-corrected chi connectivity index (χ0v) is 13.6. The van der Waals surface area contributed by atoms with Crippen molar-refractivity contribution in [1.82, 2.24) is 14.9 Å². The highest BCUT2D eigenvalue weighted by molar-refractivity contribution is 6.30. The molecule has 0 radical (unpaired) electrons. The number of aromatic nitrogens is 2. The van der Waals surface area contributed by atoms with E-state index in [9.17, 15) is 0 Å². The molecular formula is C17H20ClN5. The number of benzene rings is 1. The molecule has 2 heterocycles. The Balaban J connectivity index is 1.49. The smallest absolute Gasteiger partial charge is 0.229 e. The molecule has 1 aromatic carbocycles. The number of nitrogens with one attached hydrogen (secondary N) is 2. The number of nitrogens with zero attached hydrogens (tertiary/aromatic N) is 3. The van der Waals surface area contributed by atoms with E-state index in [2.05, 4.69) is 37.8 Å². The van der Waals surface area contributed by atoms with Crippen molar-refractivity contribution in [2.45, 2.75) is 12.8 Å². The molecule has 0 saturated heterocycles. The summed E-state index contributed by atoms with van der Waals surface area (Å²) in [5.41, 5.74) is 0.871. The van der Waals surface area contributed by atoms with Crippen molar-refractivity contribution in [3.05, 3.63) is 53.8 Å². The second-order valence-electron chi connectivity index (χ2n) is 5.39. The monoisotopic (exact) mass is 329 g/mol. The maximum absolute atomic E-state index is 5.98. The Kier molecular flexibility index (Phi) is 5.32. The molecule has 0 atom stereocenters. The Bertz CT molecular complexity index is 674. The minimum absolute atomic E-state index is 0.555. The molecule has 6 heteroatoms. The van der Waals surface area contributed by atoms with Gasteiger partial charge in [-0.05, 0) is 43.3 Å². The molecule has 0 fully saturated rings. The lowest BCUT2D eigenvalue weighted by Gasteiger charge is -2.15. The van der Waals surface area contributed by atoms with Crippen molar-refractivity contribution in [3.63, 3.8) is 0 Å². The van der Waals surface area contributed by atoms with Gasteiger partial charge in [-0.15, -0.1) is 0 Å². The number of rotatable bonds is 7. The van der Waals surface area contributed by atoms with Gasteiger partial charge in [0.2, 0.25) is 5.95 Å². The molecule has 2 N–H and O–H groups in total. The Hall–Kier alpha value is -2.27. The fourth-order valence-electron chi connectivity index (χ4n) is 2.44. The van der Waals surface area contributed by atoms with Gasteiger partial charge in [-0.1, -0.05) is 23.7 Å². The fraction of sp³-hybridized carbons (Fsp3) is 0.294. The van der Waals surface area contributed by atoms with Crippen molar-refractivity contribution in [2.24, 2.45) is 0 Å². The molecule has 0 aliphatic carbocycles. The van der Waals surface area contributed by atoms with Crippen LogP contribution in [0.15, 0.2) is 48.8 Å². The van der Waals surface area contributed by atoms with Crippen LogP contribution in [0.3, 0.4) is 0 Å². The van der Waals surface area contributed by atoms with Gasteiger partial charge in [0.1, 0.15) is 5.82 Å². The molecule has 0 bridgehead atoms. The van der Waals surface area contributed by atoms with E-state index in [1.165, 1.54) is 0 Å². The molecule has 1 aliphatic rings. The van der Waals surface area contributed by atoms with E-state index in [0.29, 0.717) is 11.0 Å². The average molecular weight is 330 g/mol. The molecule has 23 heavy (non-hydrogen) atoms. The van der Waals surface area contributed by atoms with Gasteiger partial charge in [-0.25, -0.2) is 4.98 Å². The second kappa shape index (κ2) is 7.83. The van der Waals surface area contributed by atoms with E-state index in [1.54, 1.807) is 6.20 Å². The third-order valence-corrected chi connectivity index (χ3v) is 3.80. The topological polar surface area (TPSA) is 53.1 Å². The predicted octanol–water partition coefficient (Wildman–Crippen LogP) is 3.90. The van der Waals surface area contributed by atoms with E-state index >= 15 is 0 Å². The number of hydrogen-bond acceptors (Lipinski definition) is 5. The molecule has 0 amide bonds. The van der Waals surface area contributed by atoms with Crippen LogP contribution in [-0.2, 0) is 0 Å². The van der Waals surface area contributed by atoms with Crippen molar-refractivity contribution in [3.8, 4) is 0 Å². The maximum atomic E-state index is 5.98. The van der Waals surface area contributed by atoms with E-state index < -0.39 is 0 Å². The third kappa shape index (κ3) is 4.86. The molecule has 3 rings (SSSR count). The highest BCUT2D eigenvalue weighted by Crippen LogP contribution is 2.18. The van der Waals surface area contributed by atoms with Gasteiger partial charge in [-0.3, -0.25) is 0 Å². The SMILES string of the molecule is Clc1cccc(Nc2nccc(NCCCN3C=CCC3)n2)c1. The van der Waals surface area contributed by atoms with Crippen LogP contribution in [0, 0.1) is 0 Å². The van der Waals surface area contributed by atoms with Crippen molar-refractivity contribution < 1.29 is 0 Å². The van der Waals surface area contributed by atoms with E-state index in [0.717, 1.165) is 44.0 Å².